The molecule has 0 fully saturated rings. The first-order chi connectivity index (χ1) is 11.5. The van der Waals surface area contributed by atoms with Gasteiger partial charge in [-0.3, -0.25) is 4.79 Å². The molecule has 0 aliphatic rings. The predicted octanol–water partition coefficient (Wildman–Crippen LogP) is 4.25. The molecule has 0 saturated carbocycles. The molecule has 4 nitrogen and oxygen atoms in total. The minimum atomic E-state index is -0.487. The first kappa shape index (κ1) is 17.5. The average Bonchev–Trinajstić information content (AvgIpc) is 2.60. The van der Waals surface area contributed by atoms with E-state index in [0.717, 1.165) is 5.56 Å². The van der Waals surface area contributed by atoms with Crippen LogP contribution in [-0.4, -0.2) is 19.0 Å². The zero-order valence-corrected chi connectivity index (χ0v) is 14.1. The van der Waals surface area contributed by atoms with Gasteiger partial charge in [-0.05, 0) is 35.3 Å². The Kier molecular flexibility index (Phi) is 5.90. The van der Waals surface area contributed by atoms with Gasteiger partial charge >= 0.3 is 5.97 Å². The standard InChI is InChI=1S/C20H21NO3/c1-14(2)16-11-8-15(9-12-16)10-13-19(22)21-18-7-5-4-6-17(18)20(23)24-3/h4-14H,1-3H3,(H,21,22). The van der Waals surface area contributed by atoms with Crippen LogP contribution in [0, 0.1) is 0 Å². The van der Waals surface area contributed by atoms with Gasteiger partial charge in [0, 0.05) is 6.08 Å². The van der Waals surface area contributed by atoms with Crippen molar-refractivity contribution >= 4 is 23.6 Å². The molecule has 0 radical (unpaired) electrons. The first-order valence-electron chi connectivity index (χ1n) is 7.77. The Balaban J connectivity index is 2.07. The van der Waals surface area contributed by atoms with E-state index in [-0.39, 0.29) is 5.91 Å². The molecule has 1 N–H and O–H groups in total. The number of carbonyl (C=O) groups excluding carboxylic acids is 2. The highest BCUT2D eigenvalue weighted by atomic mass is 16.5. The van der Waals surface area contributed by atoms with E-state index in [2.05, 4.69) is 31.3 Å². The number of esters is 1. The number of carbonyl (C=O) groups is 2. The van der Waals surface area contributed by atoms with Gasteiger partial charge in [-0.15, -0.1) is 0 Å². The quantitative estimate of drug-likeness (QED) is 0.661. The largest absolute Gasteiger partial charge is 0.465 e. The second-order valence-electron chi connectivity index (χ2n) is 5.68. The number of methoxy groups -OCH3 is 1. The molecule has 0 unspecified atom stereocenters. The van der Waals surface area contributed by atoms with E-state index in [0.29, 0.717) is 17.2 Å². The lowest BCUT2D eigenvalue weighted by atomic mass is 10.0. The van der Waals surface area contributed by atoms with Crippen molar-refractivity contribution in [2.75, 3.05) is 12.4 Å². The van der Waals surface area contributed by atoms with Crippen molar-refractivity contribution in [1.82, 2.24) is 0 Å². The number of amides is 1. The number of benzene rings is 2. The van der Waals surface area contributed by atoms with Crippen LogP contribution < -0.4 is 5.32 Å². The van der Waals surface area contributed by atoms with Crippen molar-refractivity contribution in [3.8, 4) is 0 Å². The Morgan fingerprint density at radius 3 is 2.33 bits per heavy atom. The van der Waals surface area contributed by atoms with Crippen LogP contribution in [0.3, 0.4) is 0 Å². The predicted molar refractivity (Wildman–Crippen MR) is 96.0 cm³/mol. The maximum atomic E-state index is 12.1. The summed E-state index contributed by atoms with van der Waals surface area (Å²) in [6.45, 7) is 4.27. The summed E-state index contributed by atoms with van der Waals surface area (Å²) < 4.78 is 4.71. The molecule has 0 spiro atoms. The second-order valence-corrected chi connectivity index (χ2v) is 5.68. The summed E-state index contributed by atoms with van der Waals surface area (Å²) in [6, 6.07) is 14.8. The van der Waals surface area contributed by atoms with Crippen LogP contribution in [0.5, 0.6) is 0 Å². The minimum absolute atomic E-state index is 0.306. The van der Waals surface area contributed by atoms with Crippen LogP contribution in [0.15, 0.2) is 54.6 Å². The van der Waals surface area contributed by atoms with Crippen LogP contribution in [-0.2, 0) is 9.53 Å². The summed E-state index contributed by atoms with van der Waals surface area (Å²) in [5.41, 5.74) is 2.94. The van der Waals surface area contributed by atoms with Crippen molar-refractivity contribution in [3.05, 3.63) is 71.3 Å². The topological polar surface area (TPSA) is 55.4 Å². The van der Waals surface area contributed by atoms with Crippen molar-refractivity contribution in [2.45, 2.75) is 19.8 Å². The van der Waals surface area contributed by atoms with Gasteiger partial charge in [0.2, 0.25) is 5.91 Å². The van der Waals surface area contributed by atoms with E-state index in [1.165, 1.54) is 18.7 Å². The van der Waals surface area contributed by atoms with Gasteiger partial charge in [0.15, 0.2) is 0 Å². The molecule has 2 aromatic rings. The zero-order valence-electron chi connectivity index (χ0n) is 14.1. The Morgan fingerprint density at radius 2 is 1.71 bits per heavy atom. The van der Waals surface area contributed by atoms with Gasteiger partial charge in [-0.2, -0.15) is 0 Å². The summed E-state index contributed by atoms with van der Waals surface area (Å²) in [7, 11) is 1.31. The van der Waals surface area contributed by atoms with E-state index in [1.807, 2.05) is 12.1 Å². The lowest BCUT2D eigenvalue weighted by Crippen LogP contribution is -2.12. The molecule has 4 heteroatoms. The summed E-state index contributed by atoms with van der Waals surface area (Å²) in [6.07, 6.45) is 3.18. The summed E-state index contributed by atoms with van der Waals surface area (Å²) in [5, 5.41) is 2.70. The third-order valence-corrected chi connectivity index (χ3v) is 3.62. The molecule has 0 heterocycles. The van der Waals surface area contributed by atoms with Crippen molar-refractivity contribution in [3.63, 3.8) is 0 Å². The monoisotopic (exact) mass is 323 g/mol. The Hall–Kier alpha value is -2.88. The van der Waals surface area contributed by atoms with Gasteiger partial charge < -0.3 is 10.1 Å². The fourth-order valence-corrected chi connectivity index (χ4v) is 2.22. The maximum Gasteiger partial charge on any atom is 0.339 e. The number of rotatable bonds is 5. The van der Waals surface area contributed by atoms with Crippen LogP contribution in [0.1, 0.15) is 41.3 Å². The smallest absolute Gasteiger partial charge is 0.339 e. The SMILES string of the molecule is COC(=O)c1ccccc1NC(=O)C=Cc1ccc(C(C)C)cc1. The summed E-state index contributed by atoms with van der Waals surface area (Å²) in [4.78, 5) is 23.8. The second kappa shape index (κ2) is 8.11. The number of hydrogen-bond donors (Lipinski definition) is 1. The molecule has 0 saturated heterocycles. The number of nitrogens with one attached hydrogen (secondary N) is 1. The van der Waals surface area contributed by atoms with Crippen molar-refractivity contribution < 1.29 is 14.3 Å². The Morgan fingerprint density at radius 1 is 1.04 bits per heavy atom. The molecule has 2 aromatic carbocycles. The average molecular weight is 323 g/mol. The highest BCUT2D eigenvalue weighted by Gasteiger charge is 2.11. The fourth-order valence-electron chi connectivity index (χ4n) is 2.22. The van der Waals surface area contributed by atoms with Gasteiger partial charge in [0.1, 0.15) is 0 Å². The molecule has 24 heavy (non-hydrogen) atoms. The van der Waals surface area contributed by atoms with E-state index in [4.69, 9.17) is 4.74 Å². The van der Waals surface area contributed by atoms with E-state index < -0.39 is 5.97 Å². The normalized spacial score (nSPS) is 10.8. The molecule has 0 bridgehead atoms. The molecule has 124 valence electrons. The molecule has 0 aliphatic carbocycles. The van der Waals surface area contributed by atoms with Crippen LogP contribution >= 0.6 is 0 Å². The van der Waals surface area contributed by atoms with E-state index in [1.54, 1.807) is 30.3 Å². The van der Waals surface area contributed by atoms with E-state index in [9.17, 15) is 9.59 Å². The lowest BCUT2D eigenvalue weighted by Gasteiger charge is -2.08. The minimum Gasteiger partial charge on any atom is -0.465 e. The number of anilines is 1. The molecule has 0 aliphatic heterocycles. The molecule has 0 aromatic heterocycles. The first-order valence-corrected chi connectivity index (χ1v) is 7.77. The third kappa shape index (κ3) is 4.56. The van der Waals surface area contributed by atoms with E-state index >= 15 is 0 Å². The molecular formula is C20H21NO3. The highest BCUT2D eigenvalue weighted by Crippen LogP contribution is 2.17. The lowest BCUT2D eigenvalue weighted by molar-refractivity contribution is -0.111. The summed E-state index contributed by atoms with van der Waals surface area (Å²) >= 11 is 0. The molecule has 1 amide bonds. The van der Waals surface area contributed by atoms with Gasteiger partial charge in [-0.25, -0.2) is 4.79 Å². The van der Waals surface area contributed by atoms with Gasteiger partial charge in [0.25, 0.3) is 0 Å². The van der Waals surface area contributed by atoms with Gasteiger partial charge in [0.05, 0.1) is 18.4 Å². The molecular weight excluding hydrogens is 302 g/mol. The van der Waals surface area contributed by atoms with Crippen molar-refractivity contribution in [1.29, 1.82) is 0 Å². The van der Waals surface area contributed by atoms with Crippen molar-refractivity contribution in [2.24, 2.45) is 0 Å². The summed E-state index contributed by atoms with van der Waals surface area (Å²) in [5.74, 6) is -0.320. The fraction of sp³-hybridized carbons (Fsp3) is 0.200. The third-order valence-electron chi connectivity index (χ3n) is 3.62. The Labute approximate surface area is 142 Å². The highest BCUT2D eigenvalue weighted by molar-refractivity contribution is 6.06. The van der Waals surface area contributed by atoms with Crippen LogP contribution in [0.25, 0.3) is 6.08 Å². The molecule has 0 atom stereocenters. The number of ether oxygens (including phenoxy) is 1. The maximum absolute atomic E-state index is 12.1. The zero-order chi connectivity index (χ0) is 17.5. The van der Waals surface area contributed by atoms with Crippen LogP contribution in [0.2, 0.25) is 0 Å². The Bertz CT molecular complexity index is 746. The van der Waals surface area contributed by atoms with Crippen LogP contribution in [0.4, 0.5) is 5.69 Å². The number of para-hydroxylation sites is 1. The molecule has 2 rings (SSSR count). The van der Waals surface area contributed by atoms with Gasteiger partial charge in [-0.1, -0.05) is 50.2 Å². The number of hydrogen-bond acceptors (Lipinski definition) is 3.